The van der Waals surface area contributed by atoms with E-state index in [0.29, 0.717) is 14.4 Å². The lowest BCUT2D eigenvalue weighted by Gasteiger charge is -2.02. The molecule has 0 aromatic heterocycles. The van der Waals surface area contributed by atoms with Crippen molar-refractivity contribution >= 4 is 49.4 Å². The molecule has 78 valence electrons. The lowest BCUT2D eigenvalue weighted by Crippen LogP contribution is -1.99. The third-order valence-electron chi connectivity index (χ3n) is 1.26. The Morgan fingerprint density at radius 2 is 2.14 bits per heavy atom. The summed E-state index contributed by atoms with van der Waals surface area (Å²) in [5.74, 6) is 0. The fourth-order valence-electron chi connectivity index (χ4n) is 0.730. The van der Waals surface area contributed by atoms with Crippen molar-refractivity contribution in [3.05, 3.63) is 27.7 Å². The van der Waals surface area contributed by atoms with Gasteiger partial charge in [0.1, 0.15) is 5.08 Å². The molecule has 0 aliphatic carbocycles. The summed E-state index contributed by atoms with van der Waals surface area (Å²) >= 11 is 9.95. The maximum absolute atomic E-state index is 10.5. The van der Waals surface area contributed by atoms with Crippen LogP contribution in [0.5, 0.6) is 0 Å². The number of thioether (sulfide) groups is 1. The monoisotopic (exact) mass is 316 g/mol. The molecule has 0 aliphatic rings. The summed E-state index contributed by atoms with van der Waals surface area (Å²) in [6.45, 7) is 0. The van der Waals surface area contributed by atoms with Crippen LogP contribution in [0.15, 0.2) is 27.6 Å². The highest BCUT2D eigenvalue weighted by molar-refractivity contribution is 9.10. The van der Waals surface area contributed by atoms with Gasteiger partial charge < -0.3 is 0 Å². The molecule has 0 atom stereocenters. The van der Waals surface area contributed by atoms with E-state index in [9.17, 15) is 8.42 Å². The van der Waals surface area contributed by atoms with E-state index < -0.39 is 10.1 Å². The maximum atomic E-state index is 10.5. The number of benzene rings is 1. The van der Waals surface area contributed by atoms with E-state index in [4.69, 9.17) is 16.2 Å². The van der Waals surface area contributed by atoms with Gasteiger partial charge in [-0.2, -0.15) is 8.42 Å². The van der Waals surface area contributed by atoms with E-state index in [0.717, 1.165) is 11.8 Å². The van der Waals surface area contributed by atoms with Gasteiger partial charge in [-0.15, -0.1) is 11.8 Å². The molecule has 0 amide bonds. The zero-order chi connectivity index (χ0) is 10.8. The van der Waals surface area contributed by atoms with Crippen LogP contribution in [0.4, 0.5) is 0 Å². The van der Waals surface area contributed by atoms with Crippen LogP contribution in [0.3, 0.4) is 0 Å². The van der Waals surface area contributed by atoms with Crippen LogP contribution in [0, 0.1) is 0 Å². The molecule has 7 heteroatoms. The van der Waals surface area contributed by atoms with Crippen LogP contribution in [0.2, 0.25) is 5.02 Å². The molecule has 1 N–H and O–H groups in total. The fraction of sp³-hybridized carbons (Fsp3) is 0.143. The summed E-state index contributed by atoms with van der Waals surface area (Å²) in [6, 6.07) is 4.99. The second-order valence-corrected chi connectivity index (χ2v) is 6.54. The summed E-state index contributed by atoms with van der Waals surface area (Å²) in [4.78, 5) is 0.715. The number of rotatable bonds is 3. The van der Waals surface area contributed by atoms with Crippen molar-refractivity contribution in [1.29, 1.82) is 0 Å². The molecule has 0 aliphatic heterocycles. The number of hydrogen-bond donors (Lipinski definition) is 1. The van der Waals surface area contributed by atoms with E-state index in [1.54, 1.807) is 18.2 Å². The van der Waals surface area contributed by atoms with Gasteiger partial charge in [0.15, 0.2) is 0 Å². The molecule has 1 aromatic rings. The fourth-order valence-corrected chi connectivity index (χ4v) is 3.22. The molecular weight excluding hydrogens is 312 g/mol. The molecule has 1 aromatic carbocycles. The van der Waals surface area contributed by atoms with Gasteiger partial charge in [-0.3, -0.25) is 4.55 Å². The molecule has 0 saturated carbocycles. The van der Waals surface area contributed by atoms with Crippen LogP contribution < -0.4 is 0 Å². The van der Waals surface area contributed by atoms with Crippen molar-refractivity contribution in [3.8, 4) is 0 Å². The molecule has 3 nitrogen and oxygen atoms in total. The van der Waals surface area contributed by atoms with Gasteiger partial charge in [0.25, 0.3) is 10.1 Å². The first-order chi connectivity index (χ1) is 6.38. The minimum atomic E-state index is -3.94. The van der Waals surface area contributed by atoms with Crippen molar-refractivity contribution < 1.29 is 13.0 Å². The molecule has 14 heavy (non-hydrogen) atoms. The van der Waals surface area contributed by atoms with Gasteiger partial charge in [0.2, 0.25) is 0 Å². The molecule has 0 fully saturated rings. The molecule has 0 radical (unpaired) electrons. The Bertz CT molecular complexity index is 433. The van der Waals surface area contributed by atoms with E-state index in [-0.39, 0.29) is 5.08 Å². The Hall–Kier alpha value is 0.250. The first-order valence-electron chi connectivity index (χ1n) is 3.41. The molecule has 0 saturated heterocycles. The lowest BCUT2D eigenvalue weighted by atomic mass is 10.4. The highest BCUT2D eigenvalue weighted by Crippen LogP contribution is 2.30. The zero-order valence-electron chi connectivity index (χ0n) is 6.78. The Morgan fingerprint density at radius 1 is 1.50 bits per heavy atom. The number of halogens is 2. The smallest absolute Gasteiger partial charge is 0.274 e. The van der Waals surface area contributed by atoms with E-state index in [1.807, 2.05) is 0 Å². The SMILES string of the molecule is O=S(=O)(O)CSc1ccc(Cl)cc1Br. The van der Waals surface area contributed by atoms with Crippen LogP contribution in [0.1, 0.15) is 0 Å². The second-order valence-electron chi connectivity index (χ2n) is 2.42. The van der Waals surface area contributed by atoms with Crippen molar-refractivity contribution in [2.75, 3.05) is 5.08 Å². The Kier molecular flexibility index (Phi) is 4.27. The molecule has 0 spiro atoms. The van der Waals surface area contributed by atoms with Crippen molar-refractivity contribution in [1.82, 2.24) is 0 Å². The molecular formula is C7H6BrClO3S2. The van der Waals surface area contributed by atoms with Crippen LogP contribution in [0.25, 0.3) is 0 Å². The summed E-state index contributed by atoms with van der Waals surface area (Å²) in [7, 11) is -3.94. The van der Waals surface area contributed by atoms with E-state index in [2.05, 4.69) is 15.9 Å². The standard InChI is InChI=1S/C7H6BrClO3S2/c8-6-3-5(9)1-2-7(6)13-4-14(10,11)12/h1-3H,4H2,(H,10,11,12). The zero-order valence-corrected chi connectivity index (χ0v) is 10.8. The number of hydrogen-bond acceptors (Lipinski definition) is 3. The van der Waals surface area contributed by atoms with E-state index in [1.165, 1.54) is 0 Å². The largest absolute Gasteiger partial charge is 0.285 e. The average Bonchev–Trinajstić information content (AvgIpc) is 2.00. The first-order valence-corrected chi connectivity index (χ1v) is 7.18. The summed E-state index contributed by atoms with van der Waals surface area (Å²) in [5, 5.41) is 0.195. The predicted octanol–water partition coefficient (Wildman–Crippen LogP) is 3.04. The van der Waals surface area contributed by atoms with Crippen LogP contribution in [-0.4, -0.2) is 18.1 Å². The third-order valence-corrected chi connectivity index (χ3v) is 4.74. The van der Waals surface area contributed by atoms with Crippen molar-refractivity contribution in [3.63, 3.8) is 0 Å². The Morgan fingerprint density at radius 3 is 2.64 bits per heavy atom. The van der Waals surface area contributed by atoms with Crippen molar-refractivity contribution in [2.45, 2.75) is 4.90 Å². The normalized spacial score (nSPS) is 11.6. The summed E-state index contributed by atoms with van der Waals surface area (Å²) in [6.07, 6.45) is 0. The molecule has 0 heterocycles. The predicted molar refractivity (Wildman–Crippen MR) is 61.4 cm³/mol. The van der Waals surface area contributed by atoms with Crippen LogP contribution in [-0.2, 0) is 10.1 Å². The van der Waals surface area contributed by atoms with Gasteiger partial charge in [0.05, 0.1) is 0 Å². The second kappa shape index (κ2) is 4.85. The third kappa shape index (κ3) is 4.18. The Balaban J connectivity index is 2.78. The van der Waals surface area contributed by atoms with E-state index >= 15 is 0 Å². The van der Waals surface area contributed by atoms with Gasteiger partial charge in [-0.05, 0) is 34.1 Å². The first kappa shape index (κ1) is 12.3. The Labute approximate surface area is 99.7 Å². The minimum absolute atomic E-state index is 0.368. The summed E-state index contributed by atoms with van der Waals surface area (Å²) < 4.78 is 30.2. The quantitative estimate of drug-likeness (QED) is 0.688. The maximum Gasteiger partial charge on any atom is 0.274 e. The summed E-state index contributed by atoms with van der Waals surface area (Å²) in [5.41, 5.74) is 0. The van der Waals surface area contributed by atoms with Gasteiger partial charge in [0, 0.05) is 14.4 Å². The molecule has 0 bridgehead atoms. The molecule has 1 rings (SSSR count). The highest BCUT2D eigenvalue weighted by atomic mass is 79.9. The van der Waals surface area contributed by atoms with Crippen molar-refractivity contribution in [2.24, 2.45) is 0 Å². The van der Waals surface area contributed by atoms with Gasteiger partial charge in [-0.25, -0.2) is 0 Å². The molecule has 0 unspecified atom stereocenters. The van der Waals surface area contributed by atoms with Crippen LogP contribution >= 0.6 is 39.3 Å². The minimum Gasteiger partial charge on any atom is -0.285 e. The van der Waals surface area contributed by atoms with Gasteiger partial charge >= 0.3 is 0 Å². The van der Waals surface area contributed by atoms with Gasteiger partial charge in [-0.1, -0.05) is 11.6 Å². The average molecular weight is 318 g/mol. The lowest BCUT2D eigenvalue weighted by molar-refractivity contribution is 0.489. The highest BCUT2D eigenvalue weighted by Gasteiger charge is 2.08. The topological polar surface area (TPSA) is 54.4 Å².